The molecular weight excluding hydrogens is 372 g/mol. The number of rotatable bonds is 8. The second-order valence-electron chi connectivity index (χ2n) is 7.17. The Balaban J connectivity index is 1.80. The number of benzene rings is 1. The summed E-state index contributed by atoms with van der Waals surface area (Å²) in [6.45, 7) is 4.60. The molecule has 152 valence electrons. The summed E-state index contributed by atoms with van der Waals surface area (Å²) < 4.78 is 51.5. The molecule has 1 aromatic carbocycles. The van der Waals surface area contributed by atoms with Gasteiger partial charge in [-0.1, -0.05) is 26.0 Å². The maximum Gasteiger partial charge on any atom is 0.416 e. The van der Waals surface area contributed by atoms with Crippen molar-refractivity contribution in [3.05, 3.63) is 64.7 Å². The Morgan fingerprint density at radius 3 is 2.39 bits per heavy atom. The molecule has 0 spiro atoms. The Hall–Kier alpha value is -2.44. The molecule has 0 saturated heterocycles. The largest absolute Gasteiger partial charge is 0.416 e. The molecule has 1 heterocycles. The summed E-state index contributed by atoms with van der Waals surface area (Å²) in [6, 6.07) is 6.15. The van der Waals surface area contributed by atoms with Crippen LogP contribution in [-0.4, -0.2) is 17.4 Å². The molecule has 1 N–H and O–H groups in total. The van der Waals surface area contributed by atoms with Gasteiger partial charge in [0.2, 0.25) is 0 Å². The molecule has 0 unspecified atom stereocenters. The second kappa shape index (κ2) is 9.66. The zero-order valence-corrected chi connectivity index (χ0v) is 15.9. The van der Waals surface area contributed by atoms with Crippen LogP contribution in [0.4, 0.5) is 17.6 Å². The summed E-state index contributed by atoms with van der Waals surface area (Å²) in [4.78, 5) is 16.1. The molecule has 2 aromatic rings. The molecule has 0 saturated carbocycles. The van der Waals surface area contributed by atoms with Crippen molar-refractivity contribution in [3.8, 4) is 0 Å². The van der Waals surface area contributed by atoms with E-state index in [2.05, 4.69) is 10.3 Å². The van der Waals surface area contributed by atoms with Gasteiger partial charge in [0, 0.05) is 12.7 Å². The van der Waals surface area contributed by atoms with Crippen LogP contribution in [0.1, 0.15) is 53.9 Å². The average molecular weight is 396 g/mol. The highest BCUT2D eigenvalue weighted by molar-refractivity contribution is 5.92. The summed E-state index contributed by atoms with van der Waals surface area (Å²) in [5.41, 5.74) is 0.616. The number of halogens is 4. The highest BCUT2D eigenvalue weighted by Crippen LogP contribution is 2.30. The topological polar surface area (TPSA) is 42.0 Å². The van der Waals surface area contributed by atoms with Gasteiger partial charge in [0.15, 0.2) is 0 Å². The maximum atomic E-state index is 13.8. The third-order valence-corrected chi connectivity index (χ3v) is 4.27. The highest BCUT2D eigenvalue weighted by atomic mass is 19.4. The van der Waals surface area contributed by atoms with Crippen LogP contribution in [0.5, 0.6) is 0 Å². The number of alkyl halides is 3. The van der Waals surface area contributed by atoms with Crippen molar-refractivity contribution in [1.82, 2.24) is 10.3 Å². The third-order valence-electron chi connectivity index (χ3n) is 4.27. The van der Waals surface area contributed by atoms with Gasteiger partial charge < -0.3 is 5.32 Å². The molecule has 7 heteroatoms. The van der Waals surface area contributed by atoms with Crippen molar-refractivity contribution >= 4 is 5.91 Å². The fourth-order valence-corrected chi connectivity index (χ4v) is 2.67. The number of carbonyl (C=O) groups excluding carboxylic acids is 1. The van der Waals surface area contributed by atoms with Gasteiger partial charge in [-0.2, -0.15) is 13.2 Å². The average Bonchev–Trinajstić information content (AvgIpc) is 2.64. The minimum Gasteiger partial charge on any atom is -0.350 e. The van der Waals surface area contributed by atoms with Crippen molar-refractivity contribution in [2.75, 3.05) is 6.54 Å². The number of hydrogen-bond acceptors (Lipinski definition) is 2. The molecule has 1 aromatic heterocycles. The first-order chi connectivity index (χ1) is 13.2. The van der Waals surface area contributed by atoms with E-state index in [0.717, 1.165) is 18.1 Å². The van der Waals surface area contributed by atoms with E-state index < -0.39 is 17.6 Å². The van der Waals surface area contributed by atoms with Crippen LogP contribution < -0.4 is 5.32 Å². The number of amides is 1. The molecule has 0 atom stereocenters. The minimum absolute atomic E-state index is 0.210. The standard InChI is InChI=1S/C21H24F4N2O/c1-14(2)12-27-20(28)19-10-7-15(13-26-19)5-3-4-6-16-8-9-17(11-18(16)22)21(23,24)25/h7-11,13-14H,3-6,12H2,1-2H3,(H,27,28). The summed E-state index contributed by atoms with van der Waals surface area (Å²) in [7, 11) is 0. The van der Waals surface area contributed by atoms with E-state index in [4.69, 9.17) is 0 Å². The van der Waals surface area contributed by atoms with Gasteiger partial charge in [-0.15, -0.1) is 0 Å². The lowest BCUT2D eigenvalue weighted by Gasteiger charge is -2.09. The quantitative estimate of drug-likeness (QED) is 0.493. The minimum atomic E-state index is -4.54. The first kappa shape index (κ1) is 21.9. The number of hydrogen-bond donors (Lipinski definition) is 1. The molecule has 1 amide bonds. The Bertz CT molecular complexity index is 786. The zero-order valence-electron chi connectivity index (χ0n) is 15.9. The van der Waals surface area contributed by atoms with Crippen molar-refractivity contribution in [2.24, 2.45) is 5.92 Å². The van der Waals surface area contributed by atoms with Crippen LogP contribution in [-0.2, 0) is 19.0 Å². The van der Waals surface area contributed by atoms with E-state index in [9.17, 15) is 22.4 Å². The SMILES string of the molecule is CC(C)CNC(=O)c1ccc(CCCCc2ccc(C(F)(F)F)cc2F)cn1. The summed E-state index contributed by atoms with van der Waals surface area (Å²) in [6.07, 6.45) is -0.455. The van der Waals surface area contributed by atoms with E-state index in [0.29, 0.717) is 43.5 Å². The molecule has 0 radical (unpaired) electrons. The van der Waals surface area contributed by atoms with Crippen LogP contribution in [0.2, 0.25) is 0 Å². The van der Waals surface area contributed by atoms with Gasteiger partial charge in [-0.3, -0.25) is 9.78 Å². The summed E-state index contributed by atoms with van der Waals surface area (Å²) in [5.74, 6) is -0.677. The molecule has 0 fully saturated rings. The van der Waals surface area contributed by atoms with Crippen LogP contribution in [0.25, 0.3) is 0 Å². The smallest absolute Gasteiger partial charge is 0.350 e. The van der Waals surface area contributed by atoms with E-state index >= 15 is 0 Å². The van der Waals surface area contributed by atoms with Gasteiger partial charge in [-0.25, -0.2) is 4.39 Å². The van der Waals surface area contributed by atoms with Crippen molar-refractivity contribution < 1.29 is 22.4 Å². The van der Waals surface area contributed by atoms with E-state index in [-0.39, 0.29) is 11.5 Å². The molecule has 0 aliphatic heterocycles. The Labute approximate surface area is 162 Å². The second-order valence-corrected chi connectivity index (χ2v) is 7.17. The van der Waals surface area contributed by atoms with Gasteiger partial charge in [0.25, 0.3) is 5.91 Å². The number of aryl methyl sites for hydroxylation is 2. The van der Waals surface area contributed by atoms with Crippen LogP contribution in [0.15, 0.2) is 36.5 Å². The highest BCUT2D eigenvalue weighted by Gasteiger charge is 2.31. The van der Waals surface area contributed by atoms with Gasteiger partial charge >= 0.3 is 6.18 Å². The predicted molar refractivity (Wildman–Crippen MR) is 99.5 cm³/mol. The van der Waals surface area contributed by atoms with Crippen LogP contribution in [0, 0.1) is 11.7 Å². The third kappa shape index (κ3) is 6.62. The Morgan fingerprint density at radius 1 is 1.11 bits per heavy atom. The number of carbonyl (C=O) groups is 1. The van der Waals surface area contributed by atoms with E-state index in [1.807, 2.05) is 19.9 Å². The first-order valence-electron chi connectivity index (χ1n) is 9.25. The Kier molecular flexibility index (Phi) is 7.54. The molecule has 0 aliphatic rings. The summed E-state index contributed by atoms with van der Waals surface area (Å²) >= 11 is 0. The number of nitrogens with one attached hydrogen (secondary N) is 1. The van der Waals surface area contributed by atoms with Crippen molar-refractivity contribution in [1.29, 1.82) is 0 Å². The lowest BCUT2D eigenvalue weighted by Crippen LogP contribution is -2.28. The van der Waals surface area contributed by atoms with Gasteiger partial charge in [0.05, 0.1) is 5.56 Å². The summed E-state index contributed by atoms with van der Waals surface area (Å²) in [5, 5.41) is 2.80. The maximum absolute atomic E-state index is 13.8. The van der Waals surface area contributed by atoms with Crippen molar-refractivity contribution in [2.45, 2.75) is 45.7 Å². The lowest BCUT2D eigenvalue weighted by atomic mass is 10.0. The van der Waals surface area contributed by atoms with Gasteiger partial charge in [0.1, 0.15) is 11.5 Å². The van der Waals surface area contributed by atoms with Crippen molar-refractivity contribution in [3.63, 3.8) is 0 Å². The predicted octanol–water partition coefficient (Wildman–Crippen LogP) is 5.19. The van der Waals surface area contributed by atoms with Gasteiger partial charge in [-0.05, 0) is 60.9 Å². The molecule has 0 aliphatic carbocycles. The number of pyridine rings is 1. The molecule has 3 nitrogen and oxygen atoms in total. The monoisotopic (exact) mass is 396 g/mol. The molecule has 0 bridgehead atoms. The van der Waals surface area contributed by atoms with E-state index in [1.165, 1.54) is 6.07 Å². The van der Waals surface area contributed by atoms with Crippen LogP contribution >= 0.6 is 0 Å². The Morgan fingerprint density at radius 2 is 1.82 bits per heavy atom. The fourth-order valence-electron chi connectivity index (χ4n) is 2.67. The zero-order chi connectivity index (χ0) is 20.7. The molecule has 28 heavy (non-hydrogen) atoms. The lowest BCUT2D eigenvalue weighted by molar-refractivity contribution is -0.137. The molecular formula is C21H24F4N2O. The number of nitrogens with zero attached hydrogens (tertiary/aromatic N) is 1. The van der Waals surface area contributed by atoms with E-state index in [1.54, 1.807) is 12.3 Å². The normalized spacial score (nSPS) is 11.7. The number of aromatic nitrogens is 1. The molecule has 2 rings (SSSR count). The first-order valence-corrected chi connectivity index (χ1v) is 9.25. The number of unbranched alkanes of at least 4 members (excludes halogenated alkanes) is 1. The fraction of sp³-hybridized carbons (Fsp3) is 0.429. The van der Waals surface area contributed by atoms with Crippen LogP contribution in [0.3, 0.4) is 0 Å².